The Morgan fingerprint density at radius 1 is 1.08 bits per heavy atom. The number of amides is 1. The Hall–Kier alpha value is -2.31. The molecular weight excluding hydrogens is 320 g/mol. The maximum Gasteiger partial charge on any atom is 0.316 e. The van der Waals surface area contributed by atoms with Crippen molar-refractivity contribution in [2.45, 2.75) is 18.6 Å². The number of hydrazone groups is 1. The van der Waals surface area contributed by atoms with E-state index in [-0.39, 0.29) is 5.91 Å². The Morgan fingerprint density at radius 3 is 2.38 bits per heavy atom. The Balaban J connectivity index is 1.77. The third-order valence-corrected chi connectivity index (χ3v) is 4.84. The van der Waals surface area contributed by atoms with E-state index < -0.39 is 5.12 Å². The van der Waals surface area contributed by atoms with Crippen LogP contribution in [0.5, 0.6) is 0 Å². The zero-order valence-electron chi connectivity index (χ0n) is 13.5. The molecule has 0 bridgehead atoms. The van der Waals surface area contributed by atoms with E-state index in [0.29, 0.717) is 5.71 Å². The molecule has 1 aliphatic heterocycles. The molecule has 0 fully saturated rings. The molecular formula is C18H21N4OS+. The summed E-state index contributed by atoms with van der Waals surface area (Å²) in [6, 6.07) is 19.7. The summed E-state index contributed by atoms with van der Waals surface area (Å²) in [4.78, 5) is 12.6. The molecule has 1 aliphatic rings. The molecule has 1 amide bonds. The lowest BCUT2D eigenvalue weighted by molar-refractivity contribution is -0.726. The van der Waals surface area contributed by atoms with Gasteiger partial charge in [0.05, 0.1) is 0 Å². The van der Waals surface area contributed by atoms with Crippen LogP contribution in [0.15, 0.2) is 65.8 Å². The molecule has 6 heteroatoms. The van der Waals surface area contributed by atoms with Crippen molar-refractivity contribution in [3.05, 3.63) is 71.8 Å². The van der Waals surface area contributed by atoms with Gasteiger partial charge in [0.1, 0.15) is 6.54 Å². The molecule has 4 N–H and O–H groups in total. The molecule has 0 unspecified atom stereocenters. The summed E-state index contributed by atoms with van der Waals surface area (Å²) >= 11 is 1.61. The van der Waals surface area contributed by atoms with Gasteiger partial charge in [-0.05, 0) is 11.8 Å². The van der Waals surface area contributed by atoms with E-state index in [1.54, 1.807) is 11.8 Å². The number of nitrogens with one attached hydrogen (secondary N) is 2. The molecule has 0 aromatic heterocycles. The summed E-state index contributed by atoms with van der Waals surface area (Å²) in [5.74, 6) is 0.694. The average molecular weight is 341 g/mol. The predicted molar refractivity (Wildman–Crippen MR) is 97.2 cm³/mol. The van der Waals surface area contributed by atoms with Crippen molar-refractivity contribution in [3.8, 4) is 0 Å². The Labute approximate surface area is 145 Å². The first-order valence-electron chi connectivity index (χ1n) is 7.97. The predicted octanol–water partition coefficient (Wildman–Crippen LogP) is 1.24. The molecule has 5 nitrogen and oxygen atoms in total. The number of hydrogen-bond donors (Lipinski definition) is 3. The summed E-state index contributed by atoms with van der Waals surface area (Å²) < 4.78 is 0. The Bertz CT molecular complexity index is 720. The highest BCUT2D eigenvalue weighted by Crippen LogP contribution is 2.16. The average Bonchev–Trinajstić information content (AvgIpc) is 2.62. The van der Waals surface area contributed by atoms with Crippen molar-refractivity contribution in [1.82, 2.24) is 10.7 Å². The quantitative estimate of drug-likeness (QED) is 0.693. The second-order valence-electron chi connectivity index (χ2n) is 5.45. The lowest BCUT2D eigenvalue weighted by Gasteiger charge is -2.33. The number of quaternary nitrogens is 1. The third kappa shape index (κ3) is 3.77. The first-order chi connectivity index (χ1) is 11.7. The van der Waals surface area contributed by atoms with Gasteiger partial charge < -0.3 is 0 Å². The van der Waals surface area contributed by atoms with Crippen molar-refractivity contribution < 1.29 is 10.1 Å². The van der Waals surface area contributed by atoms with E-state index in [9.17, 15) is 4.79 Å². The number of benzene rings is 2. The number of carbonyl (C=O) groups excluding carboxylic acids is 1. The van der Waals surface area contributed by atoms with E-state index in [2.05, 4.69) is 40.2 Å². The molecule has 2 aromatic rings. The summed E-state index contributed by atoms with van der Waals surface area (Å²) in [6.07, 6.45) is 0. The number of nitrogens with zero attached hydrogens (tertiary/aromatic N) is 1. The van der Waals surface area contributed by atoms with Crippen LogP contribution in [0.25, 0.3) is 0 Å². The fraction of sp³-hybridized carbons (Fsp3) is 0.222. The normalized spacial score (nSPS) is 20.0. The zero-order valence-corrected chi connectivity index (χ0v) is 14.3. The van der Waals surface area contributed by atoms with Gasteiger partial charge in [0, 0.05) is 16.9 Å². The molecule has 1 heterocycles. The monoisotopic (exact) mass is 341 g/mol. The van der Waals surface area contributed by atoms with Crippen LogP contribution in [0, 0.1) is 0 Å². The van der Waals surface area contributed by atoms with E-state index in [4.69, 9.17) is 0 Å². The van der Waals surface area contributed by atoms with Gasteiger partial charge >= 0.3 is 5.12 Å². The van der Waals surface area contributed by atoms with E-state index >= 15 is 0 Å². The van der Waals surface area contributed by atoms with E-state index in [1.807, 2.05) is 48.5 Å². The number of thioether (sulfide) groups is 1. The van der Waals surface area contributed by atoms with Gasteiger partial charge in [-0.2, -0.15) is 5.10 Å². The van der Waals surface area contributed by atoms with Crippen LogP contribution in [-0.2, 0) is 11.3 Å². The highest BCUT2D eigenvalue weighted by molar-refractivity contribution is 8.00. The number of carbonyl (C=O) groups is 1. The van der Waals surface area contributed by atoms with Crippen molar-refractivity contribution >= 4 is 23.4 Å². The topological polar surface area (TPSA) is 70.1 Å². The summed E-state index contributed by atoms with van der Waals surface area (Å²) in [7, 11) is 0. The maximum absolute atomic E-state index is 12.6. The van der Waals surface area contributed by atoms with Crippen molar-refractivity contribution in [1.29, 1.82) is 0 Å². The van der Waals surface area contributed by atoms with Crippen LogP contribution in [0.2, 0.25) is 0 Å². The molecule has 1 atom stereocenters. The standard InChI is InChI=1S/C18H20N4OS/c1-2-24-18(19-13-14-9-5-3-6-10-14)20-17(23)16(21-22-18)15-11-7-4-8-12-15/h3-12,19,22H,2,13H2,1H3,(H,20,23)/p+1/t18-/m1/s1. The number of rotatable bonds is 6. The van der Waals surface area contributed by atoms with Crippen molar-refractivity contribution in [3.63, 3.8) is 0 Å². The fourth-order valence-corrected chi connectivity index (χ4v) is 3.50. The van der Waals surface area contributed by atoms with Gasteiger partial charge in [-0.25, -0.2) is 5.43 Å². The minimum absolute atomic E-state index is 0.162. The third-order valence-electron chi connectivity index (χ3n) is 3.74. The molecule has 0 aliphatic carbocycles. The van der Waals surface area contributed by atoms with Crippen molar-refractivity contribution in [2.24, 2.45) is 5.10 Å². The summed E-state index contributed by atoms with van der Waals surface area (Å²) in [5, 5.41) is 8.83. The maximum atomic E-state index is 12.6. The van der Waals surface area contributed by atoms with Gasteiger partial charge in [-0.1, -0.05) is 67.6 Å². The molecule has 0 radical (unpaired) electrons. The molecule has 0 spiro atoms. The minimum atomic E-state index is -0.681. The molecule has 124 valence electrons. The van der Waals surface area contributed by atoms with Gasteiger partial charge in [0.2, 0.25) is 0 Å². The Kier molecular flexibility index (Phi) is 5.17. The summed E-state index contributed by atoms with van der Waals surface area (Å²) in [6.45, 7) is 2.81. The van der Waals surface area contributed by atoms with E-state index in [1.165, 1.54) is 5.56 Å². The lowest BCUT2D eigenvalue weighted by atomic mass is 10.1. The van der Waals surface area contributed by atoms with Crippen LogP contribution in [0.1, 0.15) is 18.1 Å². The molecule has 0 saturated carbocycles. The zero-order chi connectivity index (χ0) is 16.8. The van der Waals surface area contributed by atoms with Crippen LogP contribution in [-0.4, -0.2) is 22.5 Å². The number of nitrogens with two attached hydrogens (primary N) is 1. The van der Waals surface area contributed by atoms with Crippen LogP contribution in [0.3, 0.4) is 0 Å². The van der Waals surface area contributed by atoms with Gasteiger partial charge in [0.25, 0.3) is 5.91 Å². The van der Waals surface area contributed by atoms with Gasteiger partial charge in [0.15, 0.2) is 5.71 Å². The Morgan fingerprint density at radius 2 is 1.75 bits per heavy atom. The molecule has 0 saturated heterocycles. The SMILES string of the molecule is CCS[C@@]1([NH2+]Cc2ccccc2)NN=C(c2ccccc2)C(=O)N1. The number of hydrogen-bond acceptors (Lipinski definition) is 4. The fourth-order valence-electron chi connectivity index (χ4n) is 2.56. The largest absolute Gasteiger partial charge is 0.316 e. The highest BCUT2D eigenvalue weighted by Gasteiger charge is 2.40. The molecule has 2 aromatic carbocycles. The lowest BCUT2D eigenvalue weighted by Crippen LogP contribution is -3.03. The van der Waals surface area contributed by atoms with Gasteiger partial charge in [-0.15, -0.1) is 0 Å². The van der Waals surface area contributed by atoms with Crippen LogP contribution >= 0.6 is 11.8 Å². The minimum Gasteiger partial charge on any atom is -0.292 e. The first-order valence-corrected chi connectivity index (χ1v) is 8.96. The summed E-state index contributed by atoms with van der Waals surface area (Å²) in [5.41, 5.74) is 5.56. The van der Waals surface area contributed by atoms with Crippen LogP contribution in [0.4, 0.5) is 0 Å². The second kappa shape index (κ2) is 7.51. The molecule has 3 rings (SSSR count). The van der Waals surface area contributed by atoms with Gasteiger partial charge in [-0.3, -0.25) is 15.4 Å². The smallest absolute Gasteiger partial charge is 0.292 e. The molecule has 24 heavy (non-hydrogen) atoms. The van der Waals surface area contributed by atoms with E-state index in [0.717, 1.165) is 17.9 Å². The van der Waals surface area contributed by atoms with Crippen molar-refractivity contribution in [2.75, 3.05) is 5.75 Å². The van der Waals surface area contributed by atoms with Crippen LogP contribution < -0.4 is 16.1 Å². The highest BCUT2D eigenvalue weighted by atomic mass is 32.2. The second-order valence-corrected chi connectivity index (χ2v) is 6.96. The first kappa shape index (κ1) is 16.5.